The van der Waals surface area contributed by atoms with Crippen molar-refractivity contribution in [1.82, 2.24) is 9.55 Å². The number of ether oxygens (including phenoxy) is 1. The predicted octanol–water partition coefficient (Wildman–Crippen LogP) is 2.66. The first kappa shape index (κ1) is 17.5. The van der Waals surface area contributed by atoms with Gasteiger partial charge >= 0.3 is 12.1 Å². The molecular weight excluding hydrogens is 329 g/mol. The lowest BCUT2D eigenvalue weighted by molar-refractivity contribution is -0.142. The van der Waals surface area contributed by atoms with Crippen LogP contribution < -0.4 is 10.3 Å². The van der Waals surface area contributed by atoms with Gasteiger partial charge in [0.1, 0.15) is 11.3 Å². The van der Waals surface area contributed by atoms with Gasteiger partial charge in [-0.1, -0.05) is 0 Å². The maximum atomic E-state index is 13.2. The van der Waals surface area contributed by atoms with Crippen LogP contribution >= 0.6 is 0 Å². The summed E-state index contributed by atoms with van der Waals surface area (Å²) in [5.41, 5.74) is -3.23. The van der Waals surface area contributed by atoms with Crippen molar-refractivity contribution in [3.63, 3.8) is 0 Å². The van der Waals surface area contributed by atoms with Crippen LogP contribution in [0.1, 0.15) is 28.5 Å². The molecule has 2 aromatic heterocycles. The first-order valence-electron chi connectivity index (χ1n) is 6.83. The Kier molecular flexibility index (Phi) is 4.63. The Hall–Kier alpha value is -2.84. The van der Waals surface area contributed by atoms with Crippen molar-refractivity contribution in [2.24, 2.45) is 0 Å². The van der Waals surface area contributed by atoms with Gasteiger partial charge < -0.3 is 9.84 Å². The minimum absolute atomic E-state index is 0.168. The molecule has 6 nitrogen and oxygen atoms in total. The fraction of sp³-hybridized carbons (Fsp3) is 0.267. The Bertz CT molecular complexity index is 844. The van der Waals surface area contributed by atoms with Crippen LogP contribution in [0.5, 0.6) is 5.88 Å². The first-order valence-corrected chi connectivity index (χ1v) is 6.83. The quantitative estimate of drug-likeness (QED) is 0.924. The molecule has 9 heteroatoms. The number of rotatable bonds is 4. The fourth-order valence-electron chi connectivity index (χ4n) is 2.15. The highest BCUT2D eigenvalue weighted by atomic mass is 19.4. The number of alkyl halides is 3. The molecule has 0 fully saturated rings. The highest BCUT2D eigenvalue weighted by molar-refractivity contribution is 5.87. The minimum atomic E-state index is -4.85. The molecule has 0 radical (unpaired) electrons. The van der Waals surface area contributed by atoms with Crippen molar-refractivity contribution in [2.75, 3.05) is 6.61 Å². The lowest BCUT2D eigenvalue weighted by Gasteiger charge is -2.17. The van der Waals surface area contributed by atoms with Crippen LogP contribution in [-0.4, -0.2) is 27.2 Å². The van der Waals surface area contributed by atoms with Gasteiger partial charge in [-0.25, -0.2) is 9.78 Å². The van der Waals surface area contributed by atoms with E-state index in [4.69, 9.17) is 9.84 Å². The van der Waals surface area contributed by atoms with Crippen molar-refractivity contribution in [3.8, 4) is 11.6 Å². The van der Waals surface area contributed by atoms with Crippen LogP contribution in [0.4, 0.5) is 13.2 Å². The van der Waals surface area contributed by atoms with E-state index in [1.807, 2.05) is 0 Å². The maximum absolute atomic E-state index is 13.2. The monoisotopic (exact) mass is 342 g/mol. The number of aromatic carboxylic acids is 1. The van der Waals surface area contributed by atoms with Crippen molar-refractivity contribution in [3.05, 3.63) is 51.6 Å². The van der Waals surface area contributed by atoms with Gasteiger partial charge in [0.2, 0.25) is 5.88 Å². The smallest absolute Gasteiger partial charge is 0.431 e. The van der Waals surface area contributed by atoms with Gasteiger partial charge in [0.15, 0.2) is 0 Å². The summed E-state index contributed by atoms with van der Waals surface area (Å²) in [6.07, 6.45) is -3.80. The number of carboxylic acid groups (broad SMARTS) is 1. The number of halogens is 3. The van der Waals surface area contributed by atoms with Crippen LogP contribution in [0.15, 0.2) is 29.2 Å². The Morgan fingerprint density at radius 2 is 2.04 bits per heavy atom. The first-order chi connectivity index (χ1) is 11.2. The number of aromatic nitrogens is 2. The molecular formula is C15H13F3N2O4. The normalized spacial score (nSPS) is 11.4. The van der Waals surface area contributed by atoms with Gasteiger partial charge in [-0.15, -0.1) is 0 Å². The summed E-state index contributed by atoms with van der Waals surface area (Å²) >= 11 is 0. The van der Waals surface area contributed by atoms with Gasteiger partial charge in [0, 0.05) is 6.07 Å². The zero-order valence-electron chi connectivity index (χ0n) is 12.7. The zero-order chi connectivity index (χ0) is 18.1. The molecule has 2 aromatic rings. The topological polar surface area (TPSA) is 81.4 Å². The van der Waals surface area contributed by atoms with E-state index in [-0.39, 0.29) is 17.1 Å². The van der Waals surface area contributed by atoms with Crippen LogP contribution in [0, 0.1) is 6.92 Å². The molecule has 2 rings (SSSR count). The number of aryl methyl sites for hydroxylation is 1. The second-order valence-electron chi connectivity index (χ2n) is 4.82. The molecule has 24 heavy (non-hydrogen) atoms. The number of hydrogen-bond acceptors (Lipinski definition) is 4. The van der Waals surface area contributed by atoms with E-state index >= 15 is 0 Å². The van der Waals surface area contributed by atoms with Crippen molar-refractivity contribution in [2.45, 2.75) is 20.0 Å². The van der Waals surface area contributed by atoms with Crippen LogP contribution in [0.2, 0.25) is 0 Å². The van der Waals surface area contributed by atoms with Gasteiger partial charge in [0.25, 0.3) is 5.56 Å². The van der Waals surface area contributed by atoms with E-state index in [0.717, 1.165) is 6.20 Å². The third-order valence-corrected chi connectivity index (χ3v) is 3.19. The summed E-state index contributed by atoms with van der Waals surface area (Å²) < 4.78 is 45.1. The van der Waals surface area contributed by atoms with E-state index in [1.54, 1.807) is 6.92 Å². The molecule has 0 atom stereocenters. The maximum Gasteiger partial charge on any atom is 0.431 e. The van der Waals surface area contributed by atoms with Crippen LogP contribution in [-0.2, 0) is 6.18 Å². The van der Waals surface area contributed by atoms with Crippen LogP contribution in [0.25, 0.3) is 5.69 Å². The molecule has 0 aliphatic carbocycles. The van der Waals surface area contributed by atoms with Gasteiger partial charge in [-0.05, 0) is 31.5 Å². The average molecular weight is 342 g/mol. The molecule has 0 aliphatic rings. The third kappa shape index (κ3) is 3.24. The number of nitrogens with zero attached hydrogens (tertiary/aromatic N) is 2. The van der Waals surface area contributed by atoms with Crippen LogP contribution in [0.3, 0.4) is 0 Å². The highest BCUT2D eigenvalue weighted by Crippen LogP contribution is 2.31. The SMILES string of the molecule is CCOc1cc(C)c(-n2c(C(F)(F)F)ccc(C(=O)O)c2=O)cn1. The molecule has 0 amide bonds. The van der Waals surface area contributed by atoms with E-state index < -0.39 is 29.0 Å². The molecule has 2 heterocycles. The number of carboxylic acids is 1. The Morgan fingerprint density at radius 3 is 2.54 bits per heavy atom. The minimum Gasteiger partial charge on any atom is -0.478 e. The Labute approximate surface area is 134 Å². The molecule has 0 spiro atoms. The zero-order valence-corrected chi connectivity index (χ0v) is 12.7. The van der Waals surface area contributed by atoms with Gasteiger partial charge in [-0.2, -0.15) is 13.2 Å². The summed E-state index contributed by atoms with van der Waals surface area (Å²) in [5.74, 6) is -1.42. The molecule has 1 N–H and O–H groups in total. The predicted molar refractivity (Wildman–Crippen MR) is 77.7 cm³/mol. The molecule has 0 aromatic carbocycles. The molecule has 0 saturated heterocycles. The highest BCUT2D eigenvalue weighted by Gasteiger charge is 2.36. The second-order valence-corrected chi connectivity index (χ2v) is 4.82. The summed E-state index contributed by atoms with van der Waals surface area (Å²) in [6, 6.07) is 2.57. The molecule has 0 saturated carbocycles. The fourth-order valence-corrected chi connectivity index (χ4v) is 2.15. The summed E-state index contributed by atoms with van der Waals surface area (Å²) in [6.45, 7) is 3.50. The van der Waals surface area contributed by atoms with E-state index in [0.29, 0.717) is 23.3 Å². The van der Waals surface area contributed by atoms with Gasteiger partial charge in [-0.3, -0.25) is 9.36 Å². The summed E-state index contributed by atoms with van der Waals surface area (Å²) in [7, 11) is 0. The van der Waals surface area contributed by atoms with E-state index in [1.165, 1.54) is 13.0 Å². The molecule has 0 bridgehead atoms. The number of carbonyl (C=O) groups is 1. The lowest BCUT2D eigenvalue weighted by atomic mass is 10.2. The van der Waals surface area contributed by atoms with E-state index in [9.17, 15) is 22.8 Å². The molecule has 128 valence electrons. The largest absolute Gasteiger partial charge is 0.478 e. The second kappa shape index (κ2) is 6.34. The number of hydrogen-bond donors (Lipinski definition) is 1. The summed E-state index contributed by atoms with van der Waals surface area (Å²) in [4.78, 5) is 27.2. The molecule has 0 aliphatic heterocycles. The lowest BCUT2D eigenvalue weighted by Crippen LogP contribution is -2.31. The number of pyridine rings is 2. The molecule has 0 unspecified atom stereocenters. The Balaban J connectivity index is 2.79. The van der Waals surface area contributed by atoms with Crippen molar-refractivity contribution >= 4 is 5.97 Å². The average Bonchev–Trinajstić information content (AvgIpc) is 2.46. The standard InChI is InChI=1S/C15H13F3N2O4/c1-3-24-12-6-8(2)10(7-19-12)20-11(15(16,17)18)5-4-9(13(20)21)14(22)23/h4-7H,3H2,1-2H3,(H,22,23). The Morgan fingerprint density at radius 1 is 1.38 bits per heavy atom. The van der Waals surface area contributed by atoms with Gasteiger partial charge in [0.05, 0.1) is 18.5 Å². The third-order valence-electron chi connectivity index (χ3n) is 3.19. The van der Waals surface area contributed by atoms with E-state index in [2.05, 4.69) is 4.98 Å². The van der Waals surface area contributed by atoms with Crippen molar-refractivity contribution in [1.29, 1.82) is 0 Å². The summed E-state index contributed by atoms with van der Waals surface area (Å²) in [5, 5.41) is 8.98. The van der Waals surface area contributed by atoms with Crippen molar-refractivity contribution < 1.29 is 27.8 Å².